The van der Waals surface area contributed by atoms with E-state index in [1.165, 1.54) is 25.3 Å². The second-order valence-corrected chi connectivity index (χ2v) is 4.93. The first-order valence-electron chi connectivity index (χ1n) is 6.55. The third-order valence-corrected chi connectivity index (χ3v) is 2.96. The van der Waals surface area contributed by atoms with Gasteiger partial charge in [-0.1, -0.05) is 0 Å². The Morgan fingerprint density at radius 3 is 2.71 bits per heavy atom. The number of methoxy groups -OCH3 is 1. The second kappa shape index (κ2) is 7.45. The van der Waals surface area contributed by atoms with E-state index in [1.54, 1.807) is 6.92 Å². The highest BCUT2D eigenvalue weighted by Gasteiger charge is 2.16. The predicted molar refractivity (Wildman–Crippen MR) is 77.2 cm³/mol. The average molecular weight is 293 g/mol. The number of nitriles is 1. The van der Waals surface area contributed by atoms with Gasteiger partial charge < -0.3 is 15.2 Å². The summed E-state index contributed by atoms with van der Waals surface area (Å²) in [4.78, 5) is 10.2. The Bertz CT molecular complexity index is 538. The number of nitrogens with zero attached hydrogens (tertiary/aromatic N) is 2. The van der Waals surface area contributed by atoms with E-state index in [1.807, 2.05) is 6.07 Å². The summed E-state index contributed by atoms with van der Waals surface area (Å²) in [5, 5.41) is 19.5. The van der Waals surface area contributed by atoms with Crippen molar-refractivity contribution in [3.63, 3.8) is 0 Å². The lowest BCUT2D eigenvalue weighted by molar-refractivity contribution is -0.384. The molecule has 0 saturated carbocycles. The lowest BCUT2D eigenvalue weighted by atomic mass is 9.98. The summed E-state index contributed by atoms with van der Waals surface area (Å²) in [6.07, 6.45) is 2.08. The highest BCUT2D eigenvalue weighted by molar-refractivity contribution is 5.48. The molecule has 1 rings (SSSR count). The number of ether oxygens (including phenoxy) is 2. The number of hydrogen-bond donors (Lipinski definition) is 1. The average Bonchev–Trinajstić information content (AvgIpc) is 2.46. The second-order valence-electron chi connectivity index (χ2n) is 4.93. The van der Waals surface area contributed by atoms with Crippen molar-refractivity contribution in [2.24, 2.45) is 5.73 Å². The van der Waals surface area contributed by atoms with Crippen molar-refractivity contribution in [1.82, 2.24) is 0 Å². The van der Waals surface area contributed by atoms with E-state index < -0.39 is 10.5 Å². The van der Waals surface area contributed by atoms with Crippen molar-refractivity contribution >= 4 is 5.69 Å². The first-order valence-corrected chi connectivity index (χ1v) is 6.55. The zero-order valence-electron chi connectivity index (χ0n) is 12.2. The smallest absolute Gasteiger partial charge is 0.273 e. The SMILES string of the molecule is COc1cc([N+](=O)[O-])ccc1OCCCCC(C)(N)C#N. The van der Waals surface area contributed by atoms with Crippen LogP contribution < -0.4 is 15.2 Å². The summed E-state index contributed by atoms with van der Waals surface area (Å²) >= 11 is 0. The molecule has 0 aliphatic heterocycles. The molecule has 1 aromatic rings. The molecule has 0 bridgehead atoms. The molecule has 0 aliphatic rings. The standard InChI is InChI=1S/C14H19N3O4/c1-14(16,10-15)7-3-4-8-21-12-6-5-11(17(18)19)9-13(12)20-2/h5-6,9H,3-4,7-8,16H2,1-2H3. The maximum Gasteiger partial charge on any atom is 0.273 e. The van der Waals surface area contributed by atoms with Gasteiger partial charge in [0.2, 0.25) is 0 Å². The van der Waals surface area contributed by atoms with Crippen LogP contribution in [0.2, 0.25) is 0 Å². The third-order valence-electron chi connectivity index (χ3n) is 2.96. The molecule has 0 aliphatic carbocycles. The fourth-order valence-electron chi connectivity index (χ4n) is 1.72. The molecule has 7 nitrogen and oxygen atoms in total. The van der Waals surface area contributed by atoms with Gasteiger partial charge in [-0.3, -0.25) is 10.1 Å². The molecular weight excluding hydrogens is 274 g/mol. The Labute approximate surface area is 123 Å². The fourth-order valence-corrected chi connectivity index (χ4v) is 1.72. The van der Waals surface area contributed by atoms with Crippen LogP contribution in [0.15, 0.2) is 18.2 Å². The number of unbranched alkanes of at least 4 members (excludes halogenated alkanes) is 1. The Hall–Kier alpha value is -2.33. The van der Waals surface area contributed by atoms with Crippen LogP contribution in [0.5, 0.6) is 11.5 Å². The molecule has 0 fully saturated rings. The largest absolute Gasteiger partial charge is 0.493 e. The van der Waals surface area contributed by atoms with Crippen molar-refractivity contribution in [3.05, 3.63) is 28.3 Å². The van der Waals surface area contributed by atoms with E-state index in [9.17, 15) is 10.1 Å². The van der Waals surface area contributed by atoms with Gasteiger partial charge in [-0.15, -0.1) is 0 Å². The van der Waals surface area contributed by atoms with Gasteiger partial charge in [0, 0.05) is 6.07 Å². The monoisotopic (exact) mass is 293 g/mol. The molecule has 1 atom stereocenters. The predicted octanol–water partition coefficient (Wildman–Crippen LogP) is 2.39. The molecule has 0 radical (unpaired) electrons. The fraction of sp³-hybridized carbons (Fsp3) is 0.500. The quantitative estimate of drug-likeness (QED) is 0.447. The van der Waals surface area contributed by atoms with E-state index in [0.29, 0.717) is 24.5 Å². The number of nitrogens with two attached hydrogens (primary N) is 1. The first kappa shape index (κ1) is 16.7. The molecule has 21 heavy (non-hydrogen) atoms. The highest BCUT2D eigenvalue weighted by atomic mass is 16.6. The van der Waals surface area contributed by atoms with Crippen LogP contribution in [0.4, 0.5) is 5.69 Å². The van der Waals surface area contributed by atoms with Crippen LogP contribution >= 0.6 is 0 Å². The van der Waals surface area contributed by atoms with Gasteiger partial charge in [-0.05, 0) is 32.3 Å². The molecule has 7 heteroatoms. The number of nitro benzene ring substituents is 1. The lowest BCUT2D eigenvalue weighted by Crippen LogP contribution is -2.33. The molecule has 114 valence electrons. The zero-order valence-corrected chi connectivity index (χ0v) is 12.2. The Morgan fingerprint density at radius 1 is 1.43 bits per heavy atom. The minimum atomic E-state index is -0.814. The minimum Gasteiger partial charge on any atom is -0.493 e. The van der Waals surface area contributed by atoms with Crippen molar-refractivity contribution in [1.29, 1.82) is 5.26 Å². The van der Waals surface area contributed by atoms with Gasteiger partial charge >= 0.3 is 0 Å². The molecule has 2 N–H and O–H groups in total. The Kier molecular flexibility index (Phi) is 5.93. The van der Waals surface area contributed by atoms with Gasteiger partial charge in [0.1, 0.15) is 5.54 Å². The molecule has 0 heterocycles. The number of non-ortho nitro benzene ring substituents is 1. The lowest BCUT2D eigenvalue weighted by Gasteiger charge is -2.15. The van der Waals surface area contributed by atoms with E-state index in [2.05, 4.69) is 0 Å². The summed E-state index contributed by atoms with van der Waals surface area (Å²) in [6.45, 7) is 2.11. The molecule has 0 amide bonds. The molecule has 0 saturated heterocycles. The Morgan fingerprint density at radius 2 is 2.14 bits per heavy atom. The van der Waals surface area contributed by atoms with Crippen LogP contribution in [0, 0.1) is 21.4 Å². The number of benzene rings is 1. The van der Waals surface area contributed by atoms with E-state index in [4.69, 9.17) is 20.5 Å². The normalized spacial score (nSPS) is 13.0. The van der Waals surface area contributed by atoms with Crippen LogP contribution in [-0.2, 0) is 0 Å². The molecule has 0 aromatic heterocycles. The number of hydrogen-bond acceptors (Lipinski definition) is 6. The zero-order chi connectivity index (χ0) is 15.9. The maximum absolute atomic E-state index is 10.7. The maximum atomic E-state index is 10.7. The van der Waals surface area contributed by atoms with Gasteiger partial charge in [0.05, 0.1) is 30.8 Å². The van der Waals surface area contributed by atoms with Crippen molar-refractivity contribution in [3.8, 4) is 17.6 Å². The van der Waals surface area contributed by atoms with Gasteiger partial charge in [0.15, 0.2) is 11.5 Å². The third kappa shape index (κ3) is 5.28. The van der Waals surface area contributed by atoms with Crippen molar-refractivity contribution in [2.45, 2.75) is 31.7 Å². The van der Waals surface area contributed by atoms with E-state index in [0.717, 1.165) is 12.8 Å². The summed E-state index contributed by atoms with van der Waals surface area (Å²) in [5.41, 5.74) is 4.85. The number of rotatable bonds is 8. The summed E-state index contributed by atoms with van der Waals surface area (Å²) in [6, 6.07) is 6.24. The minimum absolute atomic E-state index is 0.0490. The topological polar surface area (TPSA) is 111 Å². The van der Waals surface area contributed by atoms with Gasteiger partial charge in [0.25, 0.3) is 5.69 Å². The van der Waals surface area contributed by atoms with Crippen LogP contribution in [0.3, 0.4) is 0 Å². The molecule has 0 spiro atoms. The number of nitro groups is 1. The Balaban J connectivity index is 2.49. The van der Waals surface area contributed by atoms with E-state index >= 15 is 0 Å². The summed E-state index contributed by atoms with van der Waals surface area (Å²) in [7, 11) is 1.43. The van der Waals surface area contributed by atoms with Crippen LogP contribution in [0.25, 0.3) is 0 Å². The molecular formula is C14H19N3O4. The molecule has 1 unspecified atom stereocenters. The van der Waals surface area contributed by atoms with Gasteiger partial charge in [-0.2, -0.15) is 5.26 Å². The van der Waals surface area contributed by atoms with Crippen LogP contribution in [0.1, 0.15) is 26.2 Å². The highest BCUT2D eigenvalue weighted by Crippen LogP contribution is 2.31. The van der Waals surface area contributed by atoms with Crippen LogP contribution in [-0.4, -0.2) is 24.2 Å². The summed E-state index contributed by atoms with van der Waals surface area (Å²) < 4.78 is 10.6. The van der Waals surface area contributed by atoms with Crippen molar-refractivity contribution in [2.75, 3.05) is 13.7 Å². The van der Waals surface area contributed by atoms with Crippen molar-refractivity contribution < 1.29 is 14.4 Å². The first-order chi connectivity index (χ1) is 9.89. The van der Waals surface area contributed by atoms with Gasteiger partial charge in [-0.25, -0.2) is 0 Å². The molecule has 1 aromatic carbocycles. The van der Waals surface area contributed by atoms with E-state index in [-0.39, 0.29) is 5.69 Å². The summed E-state index contributed by atoms with van der Waals surface area (Å²) in [5.74, 6) is 0.781.